The summed E-state index contributed by atoms with van der Waals surface area (Å²) in [6.45, 7) is 4.17. The first-order chi connectivity index (χ1) is 8.58. The first kappa shape index (κ1) is 13.8. The summed E-state index contributed by atoms with van der Waals surface area (Å²) in [5.74, 6) is -0.334. The molecule has 4 heteroatoms. The van der Waals surface area contributed by atoms with E-state index in [1.54, 1.807) is 25.1 Å². The minimum atomic E-state index is -0.334. The van der Waals surface area contributed by atoms with Crippen molar-refractivity contribution in [2.24, 2.45) is 0 Å². The predicted octanol–water partition coefficient (Wildman–Crippen LogP) is 2.40. The number of methoxy groups -OCH3 is 1. The zero-order valence-electron chi connectivity index (χ0n) is 10.8. The number of nitriles is 1. The molecule has 0 unspecified atom stereocenters. The average Bonchev–Trinajstić information content (AvgIpc) is 2.39. The third-order valence-corrected chi connectivity index (χ3v) is 2.57. The summed E-state index contributed by atoms with van der Waals surface area (Å²) in [4.78, 5) is 11.2. The zero-order valence-corrected chi connectivity index (χ0v) is 10.8. The lowest BCUT2D eigenvalue weighted by atomic mass is 10.1. The number of carbonyl (C=O) groups is 1. The van der Waals surface area contributed by atoms with Gasteiger partial charge in [0.1, 0.15) is 0 Å². The number of nitrogens with zero attached hydrogens (tertiary/aromatic N) is 1. The molecule has 1 aromatic carbocycles. The number of esters is 1. The number of hydrogen-bond donors (Lipinski definition) is 1. The molecule has 0 aliphatic carbocycles. The summed E-state index contributed by atoms with van der Waals surface area (Å²) in [6, 6.07) is 7.54. The van der Waals surface area contributed by atoms with Crippen LogP contribution in [0.25, 0.3) is 0 Å². The van der Waals surface area contributed by atoms with Gasteiger partial charge in [0.2, 0.25) is 0 Å². The second kappa shape index (κ2) is 6.45. The summed E-state index contributed by atoms with van der Waals surface area (Å²) in [5, 5.41) is 12.0. The molecular weight excluding hydrogens is 228 g/mol. The highest BCUT2D eigenvalue weighted by atomic mass is 16.5. The first-order valence-electron chi connectivity index (χ1n) is 5.58. The van der Waals surface area contributed by atoms with Crippen LogP contribution in [0.1, 0.15) is 18.1 Å². The van der Waals surface area contributed by atoms with Gasteiger partial charge in [-0.15, -0.1) is 0 Å². The molecule has 18 heavy (non-hydrogen) atoms. The molecule has 0 atom stereocenters. The maximum atomic E-state index is 11.2. The van der Waals surface area contributed by atoms with Gasteiger partial charge in [-0.25, -0.2) is 4.79 Å². The van der Waals surface area contributed by atoms with Crippen molar-refractivity contribution in [3.05, 3.63) is 41.0 Å². The molecule has 0 bridgehead atoms. The summed E-state index contributed by atoms with van der Waals surface area (Å²) in [7, 11) is 1.35. The van der Waals surface area contributed by atoms with E-state index in [1.165, 1.54) is 7.11 Å². The molecule has 0 aromatic heterocycles. The second-order valence-electron chi connectivity index (χ2n) is 3.90. The molecular formula is C14H16N2O2. The summed E-state index contributed by atoms with van der Waals surface area (Å²) >= 11 is 0. The van der Waals surface area contributed by atoms with Gasteiger partial charge in [-0.05, 0) is 31.5 Å². The SMILES string of the molecule is COC(=O)/C(C)=C/CNc1cc(C#N)ccc1C. The van der Waals surface area contributed by atoms with Gasteiger partial charge in [0.25, 0.3) is 0 Å². The average molecular weight is 244 g/mol. The molecule has 0 fully saturated rings. The van der Waals surface area contributed by atoms with E-state index in [0.29, 0.717) is 17.7 Å². The maximum absolute atomic E-state index is 11.2. The van der Waals surface area contributed by atoms with Crippen LogP contribution < -0.4 is 5.32 Å². The highest BCUT2D eigenvalue weighted by Crippen LogP contribution is 2.16. The highest BCUT2D eigenvalue weighted by Gasteiger charge is 2.02. The Morgan fingerprint density at radius 3 is 2.89 bits per heavy atom. The second-order valence-corrected chi connectivity index (χ2v) is 3.90. The fraction of sp³-hybridized carbons (Fsp3) is 0.286. The van der Waals surface area contributed by atoms with Crippen molar-refractivity contribution in [2.45, 2.75) is 13.8 Å². The standard InChI is InChI=1S/C14H16N2O2/c1-10-4-5-12(9-15)8-13(10)16-7-6-11(2)14(17)18-3/h4-6,8,16H,7H2,1-3H3/b11-6+. The molecule has 0 heterocycles. The van der Waals surface area contributed by atoms with Crippen molar-refractivity contribution in [2.75, 3.05) is 19.0 Å². The Hall–Kier alpha value is -2.28. The van der Waals surface area contributed by atoms with E-state index in [-0.39, 0.29) is 5.97 Å². The van der Waals surface area contributed by atoms with Gasteiger partial charge in [-0.1, -0.05) is 12.1 Å². The van der Waals surface area contributed by atoms with Crippen molar-refractivity contribution in [1.29, 1.82) is 5.26 Å². The van der Waals surface area contributed by atoms with Crippen molar-refractivity contribution in [1.82, 2.24) is 0 Å². The van der Waals surface area contributed by atoms with E-state index in [0.717, 1.165) is 11.3 Å². The number of ether oxygens (including phenoxy) is 1. The van der Waals surface area contributed by atoms with Crippen LogP contribution in [-0.2, 0) is 9.53 Å². The summed E-state index contributed by atoms with van der Waals surface area (Å²) in [5.41, 5.74) is 3.11. The molecule has 0 aliphatic heterocycles. The quantitative estimate of drug-likeness (QED) is 0.652. The van der Waals surface area contributed by atoms with Crippen LogP contribution in [-0.4, -0.2) is 19.6 Å². The Morgan fingerprint density at radius 2 is 2.28 bits per heavy atom. The van der Waals surface area contributed by atoms with E-state index < -0.39 is 0 Å². The van der Waals surface area contributed by atoms with Gasteiger partial charge in [0.05, 0.1) is 18.7 Å². The number of anilines is 1. The number of hydrogen-bond acceptors (Lipinski definition) is 4. The molecule has 1 rings (SSSR count). The molecule has 0 radical (unpaired) electrons. The number of benzene rings is 1. The Bertz CT molecular complexity index is 513. The van der Waals surface area contributed by atoms with E-state index >= 15 is 0 Å². The Balaban J connectivity index is 2.70. The van der Waals surface area contributed by atoms with Crippen molar-refractivity contribution in [3.8, 4) is 6.07 Å². The summed E-state index contributed by atoms with van der Waals surface area (Å²) in [6.07, 6.45) is 1.75. The van der Waals surface area contributed by atoms with Crippen molar-refractivity contribution >= 4 is 11.7 Å². The lowest BCUT2D eigenvalue weighted by Gasteiger charge is -2.08. The largest absolute Gasteiger partial charge is 0.466 e. The minimum absolute atomic E-state index is 0.334. The fourth-order valence-electron chi connectivity index (χ4n) is 1.44. The molecule has 94 valence electrons. The zero-order chi connectivity index (χ0) is 13.5. The van der Waals surface area contributed by atoms with E-state index in [4.69, 9.17) is 5.26 Å². The molecule has 0 amide bonds. The van der Waals surface area contributed by atoms with Crippen molar-refractivity contribution in [3.63, 3.8) is 0 Å². The minimum Gasteiger partial charge on any atom is -0.466 e. The van der Waals surface area contributed by atoms with Gasteiger partial charge in [0.15, 0.2) is 0 Å². The lowest BCUT2D eigenvalue weighted by molar-refractivity contribution is -0.136. The van der Waals surface area contributed by atoms with Crippen LogP contribution in [0.15, 0.2) is 29.8 Å². The van der Waals surface area contributed by atoms with Crippen molar-refractivity contribution < 1.29 is 9.53 Å². The third kappa shape index (κ3) is 3.63. The van der Waals surface area contributed by atoms with E-state index in [1.807, 2.05) is 13.0 Å². The molecule has 4 nitrogen and oxygen atoms in total. The fourth-order valence-corrected chi connectivity index (χ4v) is 1.44. The lowest BCUT2D eigenvalue weighted by Crippen LogP contribution is -2.06. The Morgan fingerprint density at radius 1 is 1.56 bits per heavy atom. The number of rotatable bonds is 4. The third-order valence-electron chi connectivity index (χ3n) is 2.57. The van der Waals surface area contributed by atoms with Gasteiger partial charge in [0, 0.05) is 17.8 Å². The molecule has 1 aromatic rings. The van der Waals surface area contributed by atoms with Crippen LogP contribution in [0.2, 0.25) is 0 Å². The number of carbonyl (C=O) groups excluding carboxylic acids is 1. The monoisotopic (exact) mass is 244 g/mol. The summed E-state index contributed by atoms with van der Waals surface area (Å²) < 4.78 is 4.60. The Kier molecular flexibility index (Phi) is 4.94. The Labute approximate surface area is 107 Å². The van der Waals surface area contributed by atoms with E-state index in [9.17, 15) is 4.79 Å². The molecule has 0 saturated carbocycles. The highest BCUT2D eigenvalue weighted by molar-refractivity contribution is 5.87. The van der Waals surface area contributed by atoms with Crippen LogP contribution in [0.5, 0.6) is 0 Å². The first-order valence-corrected chi connectivity index (χ1v) is 5.58. The topological polar surface area (TPSA) is 62.1 Å². The smallest absolute Gasteiger partial charge is 0.333 e. The molecule has 0 saturated heterocycles. The van der Waals surface area contributed by atoms with Crippen LogP contribution >= 0.6 is 0 Å². The van der Waals surface area contributed by atoms with E-state index in [2.05, 4.69) is 16.1 Å². The molecule has 0 spiro atoms. The normalized spacial score (nSPS) is 10.7. The van der Waals surface area contributed by atoms with Crippen LogP contribution in [0.4, 0.5) is 5.69 Å². The number of nitrogens with one attached hydrogen (secondary N) is 1. The number of aryl methyl sites for hydroxylation is 1. The van der Waals surface area contributed by atoms with Gasteiger partial charge in [-0.2, -0.15) is 5.26 Å². The molecule has 0 aliphatic rings. The van der Waals surface area contributed by atoms with Gasteiger partial charge < -0.3 is 10.1 Å². The molecule has 1 N–H and O–H groups in total. The van der Waals surface area contributed by atoms with Crippen LogP contribution in [0, 0.1) is 18.3 Å². The maximum Gasteiger partial charge on any atom is 0.333 e. The van der Waals surface area contributed by atoms with Crippen LogP contribution in [0.3, 0.4) is 0 Å². The predicted molar refractivity (Wildman–Crippen MR) is 70.2 cm³/mol. The van der Waals surface area contributed by atoms with Gasteiger partial charge >= 0.3 is 5.97 Å². The van der Waals surface area contributed by atoms with Gasteiger partial charge in [-0.3, -0.25) is 0 Å².